The molecule has 1 saturated heterocycles. The molecule has 1 aliphatic heterocycles. The van der Waals surface area contributed by atoms with Crippen molar-refractivity contribution in [3.63, 3.8) is 0 Å². The van der Waals surface area contributed by atoms with Crippen LogP contribution in [0.15, 0.2) is 0 Å². The maximum atomic E-state index is 11.2. The Hall–Kier alpha value is -0.0200. The topological polar surface area (TPSA) is 37.3 Å². The lowest BCUT2D eigenvalue weighted by atomic mass is 9.94. The number of rotatable bonds is 3. The zero-order valence-electron chi connectivity index (χ0n) is 7.62. The van der Waals surface area contributed by atoms with E-state index in [1.54, 1.807) is 11.8 Å². The Bertz CT molecular complexity index is 168. The number of carbonyl (C=O) groups is 1. The monoisotopic (exact) mass is 188 g/mol. The van der Waals surface area contributed by atoms with Gasteiger partial charge in [-0.1, -0.05) is 13.8 Å². The number of ketones is 1. The highest BCUT2D eigenvalue weighted by atomic mass is 32.2. The van der Waals surface area contributed by atoms with E-state index in [9.17, 15) is 9.90 Å². The van der Waals surface area contributed by atoms with Crippen LogP contribution in [-0.4, -0.2) is 28.5 Å². The van der Waals surface area contributed by atoms with Gasteiger partial charge in [0.25, 0.3) is 0 Å². The number of thioether (sulfide) groups is 1. The summed E-state index contributed by atoms with van der Waals surface area (Å²) in [7, 11) is 0. The van der Waals surface area contributed by atoms with Gasteiger partial charge in [0.05, 0.1) is 11.9 Å². The Morgan fingerprint density at radius 1 is 1.67 bits per heavy atom. The van der Waals surface area contributed by atoms with E-state index in [0.29, 0.717) is 18.0 Å². The second-order valence-electron chi connectivity index (χ2n) is 3.73. The number of aliphatic hydroxyl groups excluding tert-OH is 1. The van der Waals surface area contributed by atoms with Gasteiger partial charge in [-0.2, -0.15) is 11.8 Å². The van der Waals surface area contributed by atoms with Gasteiger partial charge in [0.15, 0.2) is 0 Å². The van der Waals surface area contributed by atoms with Crippen LogP contribution in [0.2, 0.25) is 0 Å². The lowest BCUT2D eigenvalue weighted by molar-refractivity contribution is -0.120. The van der Waals surface area contributed by atoms with Crippen LogP contribution < -0.4 is 0 Å². The molecule has 70 valence electrons. The van der Waals surface area contributed by atoms with Crippen molar-refractivity contribution in [2.45, 2.75) is 26.4 Å². The first-order valence-corrected chi connectivity index (χ1v) is 5.55. The fraction of sp³-hybridized carbons (Fsp3) is 0.889. The normalized spacial score (nSPS) is 26.7. The molecular formula is C9H16O2S. The molecular weight excluding hydrogens is 172 g/mol. The molecule has 1 rings (SSSR count). The quantitative estimate of drug-likeness (QED) is 0.726. The van der Waals surface area contributed by atoms with Crippen LogP contribution in [0.3, 0.4) is 0 Å². The predicted octanol–water partition coefficient (Wildman–Crippen LogP) is 1.33. The lowest BCUT2D eigenvalue weighted by Crippen LogP contribution is -2.23. The minimum atomic E-state index is -0.308. The zero-order valence-corrected chi connectivity index (χ0v) is 8.43. The molecule has 0 aromatic heterocycles. The van der Waals surface area contributed by atoms with Gasteiger partial charge in [0, 0.05) is 11.7 Å². The summed E-state index contributed by atoms with van der Waals surface area (Å²) >= 11 is 1.68. The van der Waals surface area contributed by atoms with E-state index >= 15 is 0 Å². The maximum Gasteiger partial charge on any atom is 0.146 e. The maximum absolute atomic E-state index is 11.2. The molecule has 1 heterocycles. The van der Waals surface area contributed by atoms with Crippen LogP contribution in [-0.2, 0) is 4.79 Å². The molecule has 2 atom stereocenters. The molecule has 0 radical (unpaired) electrons. The molecule has 1 fully saturated rings. The molecule has 0 aromatic rings. The Morgan fingerprint density at radius 2 is 2.33 bits per heavy atom. The summed E-state index contributed by atoms with van der Waals surface area (Å²) in [6.45, 7) is 3.97. The summed E-state index contributed by atoms with van der Waals surface area (Å²) < 4.78 is 0. The predicted molar refractivity (Wildman–Crippen MR) is 51.3 cm³/mol. The van der Waals surface area contributed by atoms with Crippen LogP contribution in [0.5, 0.6) is 0 Å². The van der Waals surface area contributed by atoms with Crippen molar-refractivity contribution in [1.82, 2.24) is 0 Å². The molecule has 0 spiro atoms. The molecule has 1 aliphatic rings. The highest BCUT2D eigenvalue weighted by Crippen LogP contribution is 2.25. The first kappa shape index (κ1) is 10.1. The second kappa shape index (κ2) is 4.28. The minimum absolute atomic E-state index is 0.118. The molecule has 1 N–H and O–H groups in total. The number of Topliss-reactive ketones (excluding diaryl/α,β-unsaturated/α-hetero) is 1. The second-order valence-corrected chi connectivity index (χ2v) is 4.76. The Labute approximate surface area is 77.7 Å². The van der Waals surface area contributed by atoms with Gasteiger partial charge in [-0.05, 0) is 12.3 Å². The molecule has 0 amide bonds. The van der Waals surface area contributed by atoms with E-state index in [2.05, 4.69) is 0 Å². The third-order valence-corrected chi connectivity index (χ3v) is 3.44. The van der Waals surface area contributed by atoms with E-state index in [4.69, 9.17) is 0 Å². The lowest BCUT2D eigenvalue weighted by Gasteiger charge is -2.16. The van der Waals surface area contributed by atoms with Gasteiger partial charge in [-0.15, -0.1) is 0 Å². The number of hydrogen-bond donors (Lipinski definition) is 1. The van der Waals surface area contributed by atoms with Gasteiger partial charge in [-0.3, -0.25) is 4.79 Å². The molecule has 12 heavy (non-hydrogen) atoms. The van der Waals surface area contributed by atoms with E-state index in [1.165, 1.54) is 0 Å². The SMILES string of the molecule is CC(C)C(O)CC1CSCC1=O. The van der Waals surface area contributed by atoms with Gasteiger partial charge in [0.2, 0.25) is 0 Å². The van der Waals surface area contributed by atoms with Gasteiger partial charge in [-0.25, -0.2) is 0 Å². The van der Waals surface area contributed by atoms with Crippen LogP contribution >= 0.6 is 11.8 Å². The van der Waals surface area contributed by atoms with Crippen molar-refractivity contribution in [3.8, 4) is 0 Å². The molecule has 0 bridgehead atoms. The fourth-order valence-corrected chi connectivity index (χ4v) is 2.44. The average molecular weight is 188 g/mol. The van der Waals surface area contributed by atoms with Gasteiger partial charge in [0.1, 0.15) is 5.78 Å². The molecule has 0 saturated carbocycles. The molecule has 0 aliphatic carbocycles. The highest BCUT2D eigenvalue weighted by molar-refractivity contribution is 8.00. The van der Waals surface area contributed by atoms with Crippen LogP contribution in [0.4, 0.5) is 0 Å². The van der Waals surface area contributed by atoms with Gasteiger partial charge >= 0.3 is 0 Å². The summed E-state index contributed by atoms with van der Waals surface area (Å²) in [4.78, 5) is 11.2. The van der Waals surface area contributed by atoms with Crippen LogP contribution in [0, 0.1) is 11.8 Å². The van der Waals surface area contributed by atoms with Crippen LogP contribution in [0.25, 0.3) is 0 Å². The summed E-state index contributed by atoms with van der Waals surface area (Å²) in [5, 5.41) is 9.54. The average Bonchev–Trinajstić information content (AvgIpc) is 2.36. The van der Waals surface area contributed by atoms with Crippen molar-refractivity contribution >= 4 is 17.5 Å². The van der Waals surface area contributed by atoms with E-state index in [-0.39, 0.29) is 17.9 Å². The minimum Gasteiger partial charge on any atom is -0.393 e. The molecule has 3 heteroatoms. The van der Waals surface area contributed by atoms with Crippen LogP contribution in [0.1, 0.15) is 20.3 Å². The van der Waals surface area contributed by atoms with E-state index in [0.717, 1.165) is 5.75 Å². The summed E-state index contributed by atoms with van der Waals surface area (Å²) in [5.74, 6) is 2.26. The van der Waals surface area contributed by atoms with Crippen molar-refractivity contribution in [2.24, 2.45) is 11.8 Å². The third kappa shape index (κ3) is 2.49. The number of hydrogen-bond acceptors (Lipinski definition) is 3. The number of carbonyl (C=O) groups excluding carboxylic acids is 1. The Kier molecular flexibility index (Phi) is 3.59. The van der Waals surface area contributed by atoms with Crippen molar-refractivity contribution in [1.29, 1.82) is 0 Å². The molecule has 0 aromatic carbocycles. The Balaban J connectivity index is 2.35. The van der Waals surface area contributed by atoms with E-state index < -0.39 is 0 Å². The summed E-state index contributed by atoms with van der Waals surface area (Å²) in [6, 6.07) is 0. The first-order valence-electron chi connectivity index (χ1n) is 4.39. The van der Waals surface area contributed by atoms with Crippen molar-refractivity contribution in [2.75, 3.05) is 11.5 Å². The van der Waals surface area contributed by atoms with E-state index in [1.807, 2.05) is 13.8 Å². The molecule has 2 nitrogen and oxygen atoms in total. The highest BCUT2D eigenvalue weighted by Gasteiger charge is 2.27. The largest absolute Gasteiger partial charge is 0.393 e. The van der Waals surface area contributed by atoms with Gasteiger partial charge < -0.3 is 5.11 Å². The Morgan fingerprint density at radius 3 is 2.75 bits per heavy atom. The zero-order chi connectivity index (χ0) is 9.14. The third-order valence-electron chi connectivity index (χ3n) is 2.31. The standard InChI is InChI=1S/C9H16O2S/c1-6(2)8(10)3-7-4-12-5-9(7)11/h6-8,10H,3-5H2,1-2H3. The number of aliphatic hydroxyl groups is 1. The molecule has 2 unspecified atom stereocenters. The summed E-state index contributed by atoms with van der Waals surface area (Å²) in [6.07, 6.45) is 0.349. The van der Waals surface area contributed by atoms with Crippen molar-refractivity contribution in [3.05, 3.63) is 0 Å². The first-order chi connectivity index (χ1) is 5.61. The fourth-order valence-electron chi connectivity index (χ4n) is 1.28. The van der Waals surface area contributed by atoms with Crippen molar-refractivity contribution < 1.29 is 9.90 Å². The smallest absolute Gasteiger partial charge is 0.146 e. The summed E-state index contributed by atoms with van der Waals surface area (Å²) in [5.41, 5.74) is 0.